The molecule has 0 aromatic heterocycles. The van der Waals surface area contributed by atoms with Gasteiger partial charge in [-0.1, -0.05) is 57.8 Å². The maximum absolute atomic E-state index is 11.4. The summed E-state index contributed by atoms with van der Waals surface area (Å²) in [7, 11) is 0. The van der Waals surface area contributed by atoms with Crippen molar-refractivity contribution < 1.29 is 21.1 Å². The number of quaternary nitrogens is 2. The highest BCUT2D eigenvalue weighted by Gasteiger charge is 2.20. The molecule has 2 aromatic carbocycles. The van der Waals surface area contributed by atoms with Gasteiger partial charge in [0.2, 0.25) is 0 Å². The summed E-state index contributed by atoms with van der Waals surface area (Å²) < 4.78 is 0.950. The zero-order valence-electron chi connectivity index (χ0n) is 16.0. The van der Waals surface area contributed by atoms with Gasteiger partial charge in [0.05, 0.1) is 0 Å². The van der Waals surface area contributed by atoms with E-state index in [0.29, 0.717) is 28.8 Å². The Morgan fingerprint density at radius 3 is 1.34 bits per heavy atom. The Bertz CT molecular complexity index is 953. The van der Waals surface area contributed by atoms with Crippen LogP contribution in [0.4, 0.5) is 11.4 Å². The molecule has 6 N–H and O–H groups in total. The summed E-state index contributed by atoms with van der Waals surface area (Å²) in [5, 5.41) is 38.3. The number of hydrogen-bond acceptors (Lipinski definition) is 8. The van der Waals surface area contributed by atoms with Crippen LogP contribution >= 0.6 is 71.2 Å². The topological polar surface area (TPSA) is 128 Å². The summed E-state index contributed by atoms with van der Waals surface area (Å²) in [6, 6.07) is 14.4. The summed E-state index contributed by atoms with van der Waals surface area (Å²) >= 11 is 23.6. The second kappa shape index (κ2) is 12.2. The summed E-state index contributed by atoms with van der Waals surface area (Å²) in [6.07, 6.45) is -2.08. The standard InChI is InChI=1S/2C9H7ClN3OS2/c2*10-5-1-3-6(4-2-5)12-13-8-7(14)11-9(15)16-8/h2*1-4,7,12H,(H,11,15)/q2*-1/p+2/b2*13-8+. The van der Waals surface area contributed by atoms with E-state index in [1.807, 2.05) is 24.3 Å². The molecular formula is C18H16Cl2N6O2S4. The van der Waals surface area contributed by atoms with Crippen molar-refractivity contribution in [1.29, 1.82) is 0 Å². The third-order valence-electron chi connectivity index (χ3n) is 3.76. The molecule has 2 heterocycles. The van der Waals surface area contributed by atoms with E-state index in [0.717, 1.165) is 11.4 Å². The predicted molar refractivity (Wildman–Crippen MR) is 135 cm³/mol. The summed E-state index contributed by atoms with van der Waals surface area (Å²) in [5.41, 5.74) is 5.03. The molecule has 2 unspecified atom stereocenters. The highest BCUT2D eigenvalue weighted by Crippen LogP contribution is 2.15. The molecule has 2 saturated heterocycles. The third kappa shape index (κ3) is 7.92. The molecule has 0 bridgehead atoms. The molecule has 2 aromatic rings. The largest absolute Gasteiger partial charge is 0.831 e. The Kier molecular flexibility index (Phi) is 9.67. The van der Waals surface area contributed by atoms with Gasteiger partial charge in [-0.15, -0.1) is 0 Å². The van der Waals surface area contributed by atoms with Crippen LogP contribution in [-0.2, 0) is 0 Å². The second-order valence-corrected chi connectivity index (χ2v) is 10.4. The average molecular weight is 548 g/mol. The number of benzene rings is 2. The lowest BCUT2D eigenvalue weighted by Crippen LogP contribution is -2.72. The van der Waals surface area contributed by atoms with Crippen LogP contribution in [0, 0.1) is 0 Å². The Morgan fingerprint density at radius 2 is 1.06 bits per heavy atom. The maximum Gasteiger partial charge on any atom is 0.155 e. The van der Waals surface area contributed by atoms with E-state index in [1.54, 1.807) is 35.1 Å². The molecule has 2 fully saturated rings. The van der Waals surface area contributed by atoms with Crippen LogP contribution < -0.4 is 31.7 Å². The van der Waals surface area contributed by atoms with Gasteiger partial charge in [-0.3, -0.25) is 0 Å². The number of nitrogens with two attached hydrogens (primary N) is 2. The van der Waals surface area contributed by atoms with E-state index in [4.69, 9.17) is 47.6 Å². The fourth-order valence-corrected chi connectivity index (χ4v) is 4.49. The molecule has 2 atom stereocenters. The van der Waals surface area contributed by atoms with E-state index in [1.165, 1.54) is 23.5 Å². The second-order valence-electron chi connectivity index (χ2n) is 6.12. The minimum Gasteiger partial charge on any atom is -0.831 e. The Labute approximate surface area is 213 Å². The lowest BCUT2D eigenvalue weighted by molar-refractivity contribution is -0.578. The monoisotopic (exact) mass is 546 g/mol. The first-order chi connectivity index (χ1) is 15.3. The van der Waals surface area contributed by atoms with Crippen LogP contribution in [0.5, 0.6) is 0 Å². The van der Waals surface area contributed by atoms with Gasteiger partial charge in [-0.05, 0) is 47.8 Å². The maximum atomic E-state index is 11.4. The van der Waals surface area contributed by atoms with Crippen molar-refractivity contribution in [2.75, 3.05) is 0 Å². The summed E-state index contributed by atoms with van der Waals surface area (Å²) in [5.74, 6) is 0. The summed E-state index contributed by atoms with van der Waals surface area (Å²) in [6.45, 7) is 0. The van der Waals surface area contributed by atoms with Crippen molar-refractivity contribution in [3.63, 3.8) is 0 Å². The van der Waals surface area contributed by atoms with Crippen molar-refractivity contribution in [2.24, 2.45) is 10.2 Å². The number of thiocarbonyl (C=S) groups is 2. The molecule has 0 saturated carbocycles. The third-order valence-corrected chi connectivity index (χ3v) is 6.67. The van der Waals surface area contributed by atoms with Crippen molar-refractivity contribution >= 4 is 101 Å². The lowest BCUT2D eigenvalue weighted by atomic mass is 10.3. The van der Waals surface area contributed by atoms with Crippen LogP contribution in [-0.4, -0.2) is 31.2 Å². The van der Waals surface area contributed by atoms with Gasteiger partial charge in [0.1, 0.15) is 18.7 Å². The molecule has 168 valence electrons. The van der Waals surface area contributed by atoms with E-state index in [-0.39, 0.29) is 0 Å². The summed E-state index contributed by atoms with van der Waals surface area (Å²) in [4.78, 5) is 0. The average Bonchev–Trinajstić information content (AvgIpc) is 3.26. The normalized spacial score (nSPS) is 22.5. The van der Waals surface area contributed by atoms with E-state index in [9.17, 15) is 10.2 Å². The van der Waals surface area contributed by atoms with Crippen molar-refractivity contribution in [1.82, 2.24) is 10.6 Å². The first-order valence-corrected chi connectivity index (χ1v) is 12.1. The zero-order valence-corrected chi connectivity index (χ0v) is 20.8. The van der Waals surface area contributed by atoms with Gasteiger partial charge in [0.15, 0.2) is 11.4 Å². The molecule has 4 rings (SSSR count). The number of halogens is 2. The highest BCUT2D eigenvalue weighted by atomic mass is 35.5. The number of thioether (sulfide) groups is 2. The molecule has 8 nitrogen and oxygen atoms in total. The van der Waals surface area contributed by atoms with Crippen molar-refractivity contribution in [3.8, 4) is 0 Å². The Balaban J connectivity index is 0.000000181. The SMILES string of the molecule is [O-]C1NC(=S)S/C1=N/[NH2+]c1ccc(Cl)cc1.[O-]C1NC(=S)S/C1=N/[NH2+]c1ccc(Cl)cc1. The predicted octanol–water partition coefficient (Wildman–Crippen LogP) is 0.312. The fraction of sp³-hybridized carbons (Fsp3) is 0.111. The molecule has 32 heavy (non-hydrogen) atoms. The number of nitrogens with zero attached hydrogens (tertiary/aromatic N) is 2. The molecule has 0 radical (unpaired) electrons. The molecule has 14 heteroatoms. The zero-order chi connectivity index (χ0) is 23.1. The first kappa shape index (κ1) is 25.3. The van der Waals surface area contributed by atoms with Gasteiger partial charge in [0.25, 0.3) is 0 Å². The van der Waals surface area contributed by atoms with Crippen molar-refractivity contribution in [3.05, 3.63) is 58.6 Å². The fourth-order valence-electron chi connectivity index (χ4n) is 2.26. The van der Waals surface area contributed by atoms with E-state index in [2.05, 4.69) is 20.8 Å². The first-order valence-electron chi connectivity index (χ1n) is 8.91. The van der Waals surface area contributed by atoms with Gasteiger partial charge >= 0.3 is 0 Å². The highest BCUT2D eigenvalue weighted by molar-refractivity contribution is 8.34. The van der Waals surface area contributed by atoms with E-state index < -0.39 is 12.5 Å². The van der Waals surface area contributed by atoms with Crippen LogP contribution in [0.25, 0.3) is 0 Å². The molecule has 0 aliphatic carbocycles. The molecule has 0 amide bonds. The Hall–Kier alpha value is -1.32. The van der Waals surface area contributed by atoms with Gasteiger partial charge < -0.3 is 20.8 Å². The molecule has 2 aliphatic heterocycles. The molecular weight excluding hydrogens is 531 g/mol. The Morgan fingerprint density at radius 1 is 0.719 bits per heavy atom. The smallest absolute Gasteiger partial charge is 0.155 e. The number of rotatable bonds is 4. The van der Waals surface area contributed by atoms with Gasteiger partial charge in [-0.2, -0.15) is 10.9 Å². The van der Waals surface area contributed by atoms with Gasteiger partial charge in [-0.25, -0.2) is 0 Å². The number of hydrogen-bond donors (Lipinski definition) is 4. The number of nitrogens with one attached hydrogen (secondary N) is 2. The van der Waals surface area contributed by atoms with E-state index >= 15 is 0 Å². The van der Waals surface area contributed by atoms with Gasteiger partial charge in [0, 0.05) is 46.8 Å². The van der Waals surface area contributed by atoms with Crippen LogP contribution in [0.3, 0.4) is 0 Å². The quantitative estimate of drug-likeness (QED) is 0.187. The lowest BCUT2D eigenvalue weighted by Gasteiger charge is -2.12. The minimum atomic E-state index is -1.04. The van der Waals surface area contributed by atoms with Crippen LogP contribution in [0.1, 0.15) is 0 Å². The van der Waals surface area contributed by atoms with Crippen LogP contribution in [0.15, 0.2) is 58.7 Å². The minimum absolute atomic E-state index is 0.444. The van der Waals surface area contributed by atoms with Crippen molar-refractivity contribution in [2.45, 2.75) is 12.5 Å². The molecule has 2 aliphatic rings. The van der Waals surface area contributed by atoms with Crippen LogP contribution in [0.2, 0.25) is 10.0 Å². The molecule has 0 spiro atoms.